The van der Waals surface area contributed by atoms with Crippen molar-refractivity contribution >= 4 is 5.97 Å². The van der Waals surface area contributed by atoms with Gasteiger partial charge in [0, 0.05) is 0 Å². The number of phenolic OH excluding ortho intramolecular Hbond substituents is 1. The normalized spacial score (nSPS) is 12.1. The van der Waals surface area contributed by atoms with Crippen molar-refractivity contribution in [2.24, 2.45) is 0 Å². The Morgan fingerprint density at radius 3 is 2.50 bits per heavy atom. The van der Waals surface area contributed by atoms with Crippen LogP contribution in [-0.4, -0.2) is 22.3 Å². The van der Waals surface area contributed by atoms with Gasteiger partial charge in [-0.3, -0.25) is 4.79 Å². The van der Waals surface area contributed by atoms with E-state index >= 15 is 0 Å². The van der Waals surface area contributed by atoms with E-state index in [1.54, 1.807) is 19.1 Å². The van der Waals surface area contributed by atoms with Gasteiger partial charge in [0.2, 0.25) is 0 Å². The molecule has 0 fully saturated rings. The number of rotatable bonds is 4. The molecule has 0 saturated carbocycles. The molecule has 1 rings (SSSR count). The Balaban J connectivity index is 2.51. The molecule has 0 aromatic heterocycles. The summed E-state index contributed by atoms with van der Waals surface area (Å²) >= 11 is 0. The summed E-state index contributed by atoms with van der Waals surface area (Å²) in [6.45, 7) is 1.68. The summed E-state index contributed by atoms with van der Waals surface area (Å²) in [5.74, 6) is -0.184. The van der Waals surface area contributed by atoms with Gasteiger partial charge in [-0.2, -0.15) is 0 Å². The first-order valence-corrected chi connectivity index (χ1v) is 4.25. The number of hydrogen-bond acceptors (Lipinski definition) is 3. The summed E-state index contributed by atoms with van der Waals surface area (Å²) < 4.78 is 5.29. The van der Waals surface area contributed by atoms with Crippen LogP contribution in [0.2, 0.25) is 0 Å². The first kappa shape index (κ1) is 10.4. The zero-order valence-corrected chi connectivity index (χ0v) is 7.80. The molecule has 1 unspecified atom stereocenters. The maximum absolute atomic E-state index is 10.3. The molecule has 0 aliphatic rings. The largest absolute Gasteiger partial charge is 0.508 e. The Bertz CT molecular complexity index is 304. The second-order valence-electron chi connectivity index (χ2n) is 3.02. The number of aromatic hydroxyl groups is 1. The van der Waals surface area contributed by atoms with E-state index in [1.165, 1.54) is 12.1 Å². The van der Waals surface area contributed by atoms with Crippen LogP contribution in [0.25, 0.3) is 0 Å². The smallest absolute Gasteiger partial charge is 0.307 e. The Hall–Kier alpha value is -1.71. The molecule has 0 aliphatic carbocycles. The predicted molar refractivity (Wildman–Crippen MR) is 50.4 cm³/mol. The minimum Gasteiger partial charge on any atom is -0.508 e. The molecule has 1 aromatic rings. The van der Waals surface area contributed by atoms with E-state index in [0.717, 1.165) is 0 Å². The van der Waals surface area contributed by atoms with Gasteiger partial charge in [-0.05, 0) is 31.2 Å². The molecule has 0 saturated heterocycles. The summed E-state index contributed by atoms with van der Waals surface area (Å²) in [7, 11) is 0. The number of hydrogen-bond donors (Lipinski definition) is 2. The zero-order valence-electron chi connectivity index (χ0n) is 7.80. The molecule has 0 amide bonds. The van der Waals surface area contributed by atoms with Crippen molar-refractivity contribution in [1.82, 2.24) is 0 Å². The number of carboxylic acids is 1. The quantitative estimate of drug-likeness (QED) is 0.768. The van der Waals surface area contributed by atoms with Crippen LogP contribution in [0.4, 0.5) is 0 Å². The van der Waals surface area contributed by atoms with E-state index in [9.17, 15) is 4.79 Å². The predicted octanol–water partition coefficient (Wildman–Crippen LogP) is 1.63. The molecule has 1 atom stereocenters. The van der Waals surface area contributed by atoms with Crippen molar-refractivity contribution < 1.29 is 19.7 Å². The fraction of sp³-hybridized carbons (Fsp3) is 0.300. The van der Waals surface area contributed by atoms with E-state index in [1.807, 2.05) is 0 Å². The maximum Gasteiger partial charge on any atom is 0.307 e. The molecule has 4 nitrogen and oxygen atoms in total. The van der Waals surface area contributed by atoms with Crippen molar-refractivity contribution in [2.45, 2.75) is 19.4 Å². The number of phenols is 1. The monoisotopic (exact) mass is 196 g/mol. The van der Waals surface area contributed by atoms with Crippen molar-refractivity contribution in [3.05, 3.63) is 24.3 Å². The minimum absolute atomic E-state index is 0.0408. The zero-order chi connectivity index (χ0) is 10.6. The number of aliphatic carboxylic acids is 1. The van der Waals surface area contributed by atoms with Crippen LogP contribution in [0.3, 0.4) is 0 Å². The Morgan fingerprint density at radius 1 is 1.43 bits per heavy atom. The molecule has 1 aromatic carbocycles. The summed E-state index contributed by atoms with van der Waals surface area (Å²) in [5, 5.41) is 17.5. The average molecular weight is 196 g/mol. The number of benzene rings is 1. The van der Waals surface area contributed by atoms with E-state index in [-0.39, 0.29) is 18.3 Å². The molecule has 0 aliphatic heterocycles. The second-order valence-corrected chi connectivity index (χ2v) is 3.02. The van der Waals surface area contributed by atoms with E-state index in [0.29, 0.717) is 5.75 Å². The van der Waals surface area contributed by atoms with Crippen LogP contribution in [0.15, 0.2) is 24.3 Å². The van der Waals surface area contributed by atoms with Crippen LogP contribution >= 0.6 is 0 Å². The van der Waals surface area contributed by atoms with Crippen LogP contribution in [0, 0.1) is 0 Å². The molecule has 76 valence electrons. The van der Waals surface area contributed by atoms with Gasteiger partial charge in [0.1, 0.15) is 17.6 Å². The summed E-state index contributed by atoms with van der Waals surface area (Å²) in [5.41, 5.74) is 0. The SMILES string of the molecule is CC(CC(=O)O)Oc1ccc(O)cc1. The lowest BCUT2D eigenvalue weighted by Crippen LogP contribution is -2.16. The van der Waals surface area contributed by atoms with Gasteiger partial charge < -0.3 is 14.9 Å². The third-order valence-electron chi connectivity index (χ3n) is 1.64. The second kappa shape index (κ2) is 4.50. The molecule has 14 heavy (non-hydrogen) atoms. The number of carboxylic acid groups (broad SMARTS) is 1. The number of ether oxygens (including phenoxy) is 1. The fourth-order valence-electron chi connectivity index (χ4n) is 1.04. The van der Waals surface area contributed by atoms with Gasteiger partial charge in [0.25, 0.3) is 0 Å². The molecule has 0 heterocycles. The van der Waals surface area contributed by atoms with E-state index < -0.39 is 5.97 Å². The van der Waals surface area contributed by atoms with E-state index in [2.05, 4.69) is 0 Å². The lowest BCUT2D eigenvalue weighted by molar-refractivity contribution is -0.138. The highest BCUT2D eigenvalue weighted by Crippen LogP contribution is 2.17. The minimum atomic E-state index is -0.892. The third kappa shape index (κ3) is 3.35. The van der Waals surface area contributed by atoms with Crippen LogP contribution in [0.5, 0.6) is 11.5 Å². The summed E-state index contributed by atoms with van der Waals surface area (Å²) in [6, 6.07) is 6.16. The molecule has 4 heteroatoms. The maximum atomic E-state index is 10.3. The third-order valence-corrected chi connectivity index (χ3v) is 1.64. The summed E-state index contributed by atoms with van der Waals surface area (Å²) in [4.78, 5) is 10.3. The Morgan fingerprint density at radius 2 is 2.00 bits per heavy atom. The lowest BCUT2D eigenvalue weighted by Gasteiger charge is -2.12. The van der Waals surface area contributed by atoms with Crippen molar-refractivity contribution in [2.75, 3.05) is 0 Å². The van der Waals surface area contributed by atoms with Crippen molar-refractivity contribution in [3.8, 4) is 11.5 Å². The highest BCUT2D eigenvalue weighted by Gasteiger charge is 2.08. The molecular formula is C10H12O4. The molecular weight excluding hydrogens is 184 g/mol. The molecule has 0 radical (unpaired) electrons. The van der Waals surface area contributed by atoms with Gasteiger partial charge in [-0.25, -0.2) is 0 Å². The molecule has 0 bridgehead atoms. The lowest BCUT2D eigenvalue weighted by atomic mass is 10.3. The van der Waals surface area contributed by atoms with Gasteiger partial charge in [0.05, 0.1) is 6.42 Å². The highest BCUT2D eigenvalue weighted by molar-refractivity contribution is 5.67. The standard InChI is InChI=1S/C10H12O4/c1-7(6-10(12)13)14-9-4-2-8(11)3-5-9/h2-5,7,11H,6H2,1H3,(H,12,13). The van der Waals surface area contributed by atoms with Crippen molar-refractivity contribution in [1.29, 1.82) is 0 Å². The first-order valence-electron chi connectivity index (χ1n) is 4.25. The van der Waals surface area contributed by atoms with Gasteiger partial charge in [0.15, 0.2) is 0 Å². The Labute approximate surface area is 81.8 Å². The summed E-state index contributed by atoms with van der Waals surface area (Å²) in [6.07, 6.45) is -0.419. The fourth-order valence-corrected chi connectivity index (χ4v) is 1.04. The Kier molecular flexibility index (Phi) is 3.34. The van der Waals surface area contributed by atoms with Gasteiger partial charge in [-0.1, -0.05) is 0 Å². The topological polar surface area (TPSA) is 66.8 Å². The average Bonchev–Trinajstić information content (AvgIpc) is 2.07. The first-order chi connectivity index (χ1) is 6.58. The van der Waals surface area contributed by atoms with Crippen molar-refractivity contribution in [3.63, 3.8) is 0 Å². The van der Waals surface area contributed by atoms with Gasteiger partial charge in [-0.15, -0.1) is 0 Å². The van der Waals surface area contributed by atoms with Gasteiger partial charge >= 0.3 is 5.97 Å². The molecule has 2 N–H and O–H groups in total. The van der Waals surface area contributed by atoms with Crippen LogP contribution in [0.1, 0.15) is 13.3 Å². The van der Waals surface area contributed by atoms with E-state index in [4.69, 9.17) is 14.9 Å². The highest BCUT2D eigenvalue weighted by atomic mass is 16.5. The van der Waals surface area contributed by atoms with Crippen LogP contribution in [-0.2, 0) is 4.79 Å². The number of carbonyl (C=O) groups is 1. The van der Waals surface area contributed by atoms with Crippen LogP contribution < -0.4 is 4.74 Å². The molecule has 0 spiro atoms.